The fourth-order valence-corrected chi connectivity index (χ4v) is 35.9. The van der Waals surface area contributed by atoms with Crippen molar-refractivity contribution in [1.82, 2.24) is 8.75 Å². The second kappa shape index (κ2) is 48.8. The third-order valence-electron chi connectivity index (χ3n) is 37.3. The number of nitrogens with zero attached hydrogens (tertiary/aromatic N) is 2. The van der Waals surface area contributed by atoms with Gasteiger partial charge in [-0.15, -0.1) is 68.0 Å². The number of unbranched alkanes of at least 4 members (excludes halogenated alkanes) is 8. The van der Waals surface area contributed by atoms with Gasteiger partial charge in [0.2, 0.25) is 0 Å². The maximum Gasteiger partial charge on any atom is 0.170 e. The molecule has 147 heavy (non-hydrogen) atoms. The topological polar surface area (TPSA) is 25.8 Å². The molecule has 0 fully saturated rings. The second-order valence-electron chi connectivity index (χ2n) is 48.4. The van der Waals surface area contributed by atoms with Crippen LogP contribution in [0.25, 0.3) is 125 Å². The maximum absolute atomic E-state index is 16.7. The van der Waals surface area contributed by atoms with Crippen LogP contribution in [0.5, 0.6) is 0 Å². The lowest BCUT2D eigenvalue weighted by Crippen LogP contribution is -2.32. The highest BCUT2D eigenvalue weighted by Crippen LogP contribution is 2.68. The molecule has 8 unspecified atom stereocenters. The molecule has 0 N–H and O–H groups in total. The zero-order valence-corrected chi connectivity index (χ0v) is 101. The Bertz CT molecular complexity index is 6720. The molecule has 18 rings (SSSR count). The lowest BCUT2D eigenvalue weighted by molar-refractivity contribution is 0.264. The zero-order chi connectivity index (χ0) is 104. The third-order valence-corrected chi connectivity index (χ3v) is 45.7. The summed E-state index contributed by atoms with van der Waals surface area (Å²) in [5.41, 5.74) is 26.3. The monoisotopic (exact) mass is 2110 g/mol. The minimum Gasteiger partial charge on any atom is -0.203 e. The van der Waals surface area contributed by atoms with Crippen molar-refractivity contribution in [3.05, 3.63) is 186 Å². The molecule has 0 saturated carbocycles. The number of halogens is 2. The number of aromatic nitrogens is 2. The summed E-state index contributed by atoms with van der Waals surface area (Å²) < 4.78 is 50.7. The summed E-state index contributed by atoms with van der Waals surface area (Å²) in [6.07, 6.45) is 50.2. The van der Waals surface area contributed by atoms with E-state index in [1.54, 1.807) is 72.5 Å². The largest absolute Gasteiger partial charge is 0.203 e. The van der Waals surface area contributed by atoms with Crippen LogP contribution in [0.15, 0.2) is 109 Å². The predicted octanol–water partition coefficient (Wildman–Crippen LogP) is 47.5. The molecule has 2 nitrogen and oxygen atoms in total. The van der Waals surface area contributed by atoms with E-state index in [9.17, 15) is 0 Å². The molecule has 792 valence electrons. The van der Waals surface area contributed by atoms with Crippen molar-refractivity contribution in [2.24, 2.45) is 47.3 Å². The first-order valence-electron chi connectivity index (χ1n) is 60.0. The molecule has 0 bridgehead atoms. The minimum absolute atomic E-state index is 0.0100. The van der Waals surface area contributed by atoms with Gasteiger partial charge in [0.1, 0.15) is 11.0 Å². The van der Waals surface area contributed by atoms with Crippen LogP contribution in [0.1, 0.15) is 511 Å². The van der Waals surface area contributed by atoms with Crippen LogP contribution in [-0.2, 0) is 21.7 Å². The van der Waals surface area contributed by atoms with Crippen molar-refractivity contribution in [2.45, 2.75) is 468 Å². The van der Waals surface area contributed by atoms with Gasteiger partial charge in [0.15, 0.2) is 11.6 Å². The van der Waals surface area contributed by atoms with Gasteiger partial charge in [-0.3, -0.25) is 0 Å². The second-order valence-corrected chi connectivity index (χ2v) is 55.6. The van der Waals surface area contributed by atoms with E-state index >= 15 is 8.78 Å². The van der Waals surface area contributed by atoms with Gasteiger partial charge in [-0.05, 0) is 342 Å². The first kappa shape index (κ1) is 112. The predicted molar refractivity (Wildman–Crippen MR) is 654 cm³/mol. The fraction of sp³-hybridized carbons (Fsp3) is 0.588. The van der Waals surface area contributed by atoms with E-state index in [0.717, 1.165) is 52.4 Å². The summed E-state index contributed by atoms with van der Waals surface area (Å²) in [6, 6.07) is 47.7. The number of rotatable bonds is 54. The lowest BCUT2D eigenvalue weighted by atomic mass is 9.63. The Kier molecular flexibility index (Phi) is 37.1. The normalized spacial score (nSPS) is 18.8. The van der Waals surface area contributed by atoms with Crippen LogP contribution in [-0.4, -0.2) is 8.75 Å². The quantitative estimate of drug-likeness (QED) is 0.0380. The van der Waals surface area contributed by atoms with E-state index in [4.69, 9.17) is 0 Å². The Hall–Kier alpha value is -6.28. The molecular formula is C136H182F2N2S7. The molecule has 4 aliphatic rings. The lowest BCUT2D eigenvalue weighted by Gasteiger charge is -2.40. The van der Waals surface area contributed by atoms with Gasteiger partial charge in [0.25, 0.3) is 0 Å². The SMILES string of the molecule is CCCCC(CC)CC1(CC(CC)CCCC)c2cc3c(cc2-c2cc4sc(-c5c(F)c(F)c(C(C)C)c6nsnc56)cc4cc21)C(CC(CC)CCCC)(CC(CC)CCCC)c1cc2cc(C(C)C)sc2cc1-3.CCCCC(CC)CC1(CC(CC)CCCC)c2cc3c(cc2-c2cc4sc(-c5cc6sc(C(C)C)cc6s5)cc4cc21)C(CC(CC)CCCC)(CC(CC)CCCC)c1cc2cc(C(C)C)sc2cc1-3. The number of hydrogen-bond donors (Lipinski definition) is 0. The van der Waals surface area contributed by atoms with Gasteiger partial charge < -0.3 is 0 Å². The van der Waals surface area contributed by atoms with Crippen LogP contribution < -0.4 is 0 Å². The van der Waals surface area contributed by atoms with Crippen molar-refractivity contribution in [3.8, 4) is 64.7 Å². The average molecular weight is 2110 g/mol. The Morgan fingerprint density at radius 3 is 0.741 bits per heavy atom. The molecular weight excluding hydrogens is 1920 g/mol. The van der Waals surface area contributed by atoms with Crippen molar-refractivity contribution in [2.75, 3.05) is 0 Å². The molecule has 7 aromatic heterocycles. The van der Waals surface area contributed by atoms with Crippen LogP contribution in [0.4, 0.5) is 8.78 Å². The number of thiophene rings is 6. The Labute approximate surface area is 916 Å². The van der Waals surface area contributed by atoms with Crippen LogP contribution in [0.3, 0.4) is 0 Å². The number of hydrogen-bond acceptors (Lipinski definition) is 9. The Balaban J connectivity index is 0.000000201. The van der Waals surface area contributed by atoms with Crippen molar-refractivity contribution in [1.29, 1.82) is 0 Å². The van der Waals surface area contributed by atoms with Crippen LogP contribution in [0, 0.1) is 59.0 Å². The van der Waals surface area contributed by atoms with Gasteiger partial charge >= 0.3 is 0 Å². The van der Waals surface area contributed by atoms with E-state index in [-0.39, 0.29) is 33.1 Å². The van der Waals surface area contributed by atoms with Crippen LogP contribution >= 0.6 is 79.7 Å². The Morgan fingerprint density at radius 2 is 0.463 bits per heavy atom. The smallest absolute Gasteiger partial charge is 0.170 e. The average Bonchev–Trinajstić information content (AvgIpc) is 1.52. The molecule has 0 saturated heterocycles. The highest BCUT2D eigenvalue weighted by atomic mass is 32.1. The zero-order valence-electron chi connectivity index (χ0n) is 95.1. The van der Waals surface area contributed by atoms with Crippen molar-refractivity contribution in [3.63, 3.8) is 0 Å². The standard InChI is InChI=1S/C68H90F2N2S3.C68H92S4/c1-13-21-25-43(17-5)37-67(38-44(18-6)26-22-14-2)53-29-47-31-57(41(9)10)73-58(47)35-51(53)49-33-56-50(34-55(49)67)52-36-59-48(32-60(74-59)62-64(70)63(69)61(42(11)12)65-66(62)72-75-71-65)30-54(52)68(56,39-45(19-7)27-23-15-3)40-46(20-8)28-24-16-4;1-13-21-25-45(17-5)39-67(40-46(18-6)26-22-14-2)55-29-49-31-59(43(9)10)69-61(49)35-53(55)51-33-58-52(34-57(51)67)54-36-62-50(32-63(71-62)65-38-66-64(72-65)37-60(70-66)44(11)12)30-56(54)68(58,41-47(19-7)27-23-15-3)42-48(20-8)28-24-16-4/h29-36,41-46H,13-28,37-40H2,1-12H3;29-38,43-48H,13-28,39-42H2,1-12H3. The molecule has 0 spiro atoms. The summed E-state index contributed by atoms with van der Waals surface area (Å²) in [4.78, 5) is 8.14. The minimum atomic E-state index is -0.804. The van der Waals surface area contributed by atoms with E-state index in [1.807, 2.05) is 47.9 Å². The molecule has 7 aromatic carbocycles. The number of benzene rings is 7. The summed E-state index contributed by atoms with van der Waals surface area (Å²) in [7, 11) is 0. The van der Waals surface area contributed by atoms with Gasteiger partial charge in [-0.2, -0.15) is 8.75 Å². The molecule has 4 aliphatic carbocycles. The van der Waals surface area contributed by atoms with Gasteiger partial charge in [0.05, 0.1) is 17.3 Å². The third kappa shape index (κ3) is 21.9. The summed E-state index contributed by atoms with van der Waals surface area (Å²) >= 11 is 12.8. The molecule has 14 aromatic rings. The molecule has 8 atom stereocenters. The highest BCUT2D eigenvalue weighted by molar-refractivity contribution is 7.32. The van der Waals surface area contributed by atoms with Gasteiger partial charge in [-0.25, -0.2) is 8.78 Å². The number of fused-ring (bicyclic) bond motifs is 18. The molecule has 0 aliphatic heterocycles. The van der Waals surface area contributed by atoms with E-state index in [2.05, 4.69) is 293 Å². The van der Waals surface area contributed by atoms with Gasteiger partial charge in [0, 0.05) is 84.7 Å². The van der Waals surface area contributed by atoms with E-state index < -0.39 is 11.6 Å². The van der Waals surface area contributed by atoms with E-state index in [1.165, 1.54) is 323 Å². The maximum atomic E-state index is 16.7. The summed E-state index contributed by atoms with van der Waals surface area (Å²) in [5.74, 6) is 5.03. The first-order chi connectivity index (χ1) is 71.1. The first-order valence-corrected chi connectivity index (χ1v) is 65.6. The molecule has 7 heterocycles. The molecule has 0 amide bonds. The van der Waals surface area contributed by atoms with Gasteiger partial charge in [-0.1, -0.05) is 372 Å². The molecule has 0 radical (unpaired) electrons. The summed E-state index contributed by atoms with van der Waals surface area (Å²) in [5, 5.41) is 5.50. The van der Waals surface area contributed by atoms with Crippen molar-refractivity contribution >= 4 is 141 Å². The highest BCUT2D eigenvalue weighted by Gasteiger charge is 2.55. The fourth-order valence-electron chi connectivity index (χ4n) is 28.5. The van der Waals surface area contributed by atoms with Crippen molar-refractivity contribution < 1.29 is 8.78 Å². The van der Waals surface area contributed by atoms with E-state index in [0.29, 0.717) is 81.7 Å². The van der Waals surface area contributed by atoms with Crippen LogP contribution in [0.2, 0.25) is 0 Å². The Morgan fingerprint density at radius 1 is 0.231 bits per heavy atom. The summed E-state index contributed by atoms with van der Waals surface area (Å²) in [6.45, 7) is 56.9. The molecule has 11 heteroatoms.